The van der Waals surface area contributed by atoms with E-state index in [1.807, 2.05) is 48.5 Å². The lowest BCUT2D eigenvalue weighted by atomic mass is 10.0. The zero-order valence-corrected chi connectivity index (χ0v) is 14.9. The molecule has 0 aliphatic heterocycles. The lowest BCUT2D eigenvalue weighted by Crippen LogP contribution is -2.39. The minimum absolute atomic E-state index is 0.259. The van der Waals surface area contributed by atoms with Gasteiger partial charge < -0.3 is 19.9 Å². The molecule has 0 aromatic heterocycles. The van der Waals surface area contributed by atoms with Gasteiger partial charge in [0.05, 0.1) is 0 Å². The zero-order valence-electron chi connectivity index (χ0n) is 14.9. The molecular formula is C21H26FNO3. The number of aryl methyl sites for hydroxylation is 1. The topological polar surface area (TPSA) is 50.7 Å². The molecule has 5 heteroatoms. The Bertz CT molecular complexity index is 680. The van der Waals surface area contributed by atoms with Gasteiger partial charge in [-0.1, -0.05) is 24.3 Å². The van der Waals surface area contributed by atoms with Crippen LogP contribution in [-0.2, 0) is 12.8 Å². The third-order valence-corrected chi connectivity index (χ3v) is 4.69. The molecule has 0 heterocycles. The minimum Gasteiger partial charge on any atom is -0.491 e. The van der Waals surface area contributed by atoms with Gasteiger partial charge in [0.2, 0.25) is 6.86 Å². The van der Waals surface area contributed by atoms with Crippen molar-refractivity contribution < 1.29 is 19.0 Å². The van der Waals surface area contributed by atoms with Crippen LogP contribution in [0.15, 0.2) is 48.5 Å². The van der Waals surface area contributed by atoms with Gasteiger partial charge in [-0.2, -0.15) is 0 Å². The molecular weight excluding hydrogens is 333 g/mol. The van der Waals surface area contributed by atoms with Crippen LogP contribution in [0.3, 0.4) is 0 Å². The fourth-order valence-corrected chi connectivity index (χ4v) is 3.34. The number of rotatable bonds is 8. The van der Waals surface area contributed by atoms with Crippen molar-refractivity contribution in [3.8, 4) is 11.5 Å². The normalized spacial score (nSPS) is 17.8. The van der Waals surface area contributed by atoms with Gasteiger partial charge in [0.25, 0.3) is 0 Å². The number of hydrogen-bond donors (Lipinski definition) is 2. The summed E-state index contributed by atoms with van der Waals surface area (Å²) in [6, 6.07) is 15.6. The zero-order chi connectivity index (χ0) is 18.2. The number of ether oxygens (including phenoxy) is 2. The number of hydrogen-bond acceptors (Lipinski definition) is 4. The summed E-state index contributed by atoms with van der Waals surface area (Å²) in [5, 5.41) is 13.6. The van der Waals surface area contributed by atoms with E-state index in [0.717, 1.165) is 31.4 Å². The van der Waals surface area contributed by atoms with Crippen LogP contribution in [0.2, 0.25) is 0 Å². The molecule has 2 aromatic carbocycles. The fraction of sp³-hybridized carbons (Fsp3) is 0.429. The van der Waals surface area contributed by atoms with Crippen LogP contribution in [-0.4, -0.2) is 37.3 Å². The Morgan fingerprint density at radius 2 is 1.92 bits per heavy atom. The highest BCUT2D eigenvalue weighted by Gasteiger charge is 2.18. The van der Waals surface area contributed by atoms with Gasteiger partial charge in [0.15, 0.2) is 0 Å². The van der Waals surface area contributed by atoms with E-state index in [1.165, 1.54) is 11.1 Å². The lowest BCUT2D eigenvalue weighted by Gasteiger charge is -2.20. The molecule has 2 atom stereocenters. The summed E-state index contributed by atoms with van der Waals surface area (Å²) in [6.07, 6.45) is 3.43. The van der Waals surface area contributed by atoms with Crippen LogP contribution < -0.4 is 14.8 Å². The molecule has 140 valence electrons. The maximum absolute atomic E-state index is 12.4. The summed E-state index contributed by atoms with van der Waals surface area (Å²) in [5.41, 5.74) is 2.49. The van der Waals surface area contributed by atoms with Crippen molar-refractivity contribution in [1.29, 1.82) is 0 Å². The van der Waals surface area contributed by atoms with Crippen molar-refractivity contribution in [3.63, 3.8) is 0 Å². The van der Waals surface area contributed by atoms with E-state index >= 15 is 0 Å². The summed E-state index contributed by atoms with van der Waals surface area (Å²) >= 11 is 0. The fourth-order valence-electron chi connectivity index (χ4n) is 3.34. The molecule has 4 nitrogen and oxygen atoms in total. The largest absolute Gasteiger partial charge is 0.491 e. The van der Waals surface area contributed by atoms with Gasteiger partial charge in [-0.3, -0.25) is 0 Å². The van der Waals surface area contributed by atoms with E-state index in [0.29, 0.717) is 12.3 Å². The third kappa shape index (κ3) is 5.44. The molecule has 0 saturated carbocycles. The number of alkyl halides is 1. The summed E-state index contributed by atoms with van der Waals surface area (Å²) in [7, 11) is 0. The van der Waals surface area contributed by atoms with Crippen LogP contribution in [0.4, 0.5) is 4.39 Å². The molecule has 0 radical (unpaired) electrons. The average Bonchev–Trinajstić information content (AvgIpc) is 2.87. The Kier molecular flexibility index (Phi) is 6.86. The molecule has 0 spiro atoms. The highest BCUT2D eigenvalue weighted by Crippen LogP contribution is 2.25. The predicted molar refractivity (Wildman–Crippen MR) is 99.4 cm³/mol. The Labute approximate surface area is 154 Å². The van der Waals surface area contributed by atoms with Crippen LogP contribution in [0, 0.1) is 0 Å². The first-order chi connectivity index (χ1) is 12.7. The molecule has 0 fully saturated rings. The molecule has 0 saturated heterocycles. The molecule has 3 rings (SSSR count). The van der Waals surface area contributed by atoms with E-state index in [2.05, 4.69) is 5.32 Å². The second-order valence-corrected chi connectivity index (χ2v) is 6.66. The summed E-state index contributed by atoms with van der Waals surface area (Å²) < 4.78 is 23.0. The van der Waals surface area contributed by atoms with Crippen molar-refractivity contribution in [1.82, 2.24) is 5.32 Å². The molecule has 0 amide bonds. The Morgan fingerprint density at radius 3 is 2.73 bits per heavy atom. The quantitative estimate of drug-likeness (QED) is 0.711. The van der Waals surface area contributed by atoms with E-state index in [1.54, 1.807) is 0 Å². The number of halogens is 1. The molecule has 0 bridgehead atoms. The number of aliphatic hydroxyl groups excluding tert-OH is 1. The van der Waals surface area contributed by atoms with Gasteiger partial charge >= 0.3 is 0 Å². The van der Waals surface area contributed by atoms with Gasteiger partial charge in [0.1, 0.15) is 24.2 Å². The smallest absolute Gasteiger partial charge is 0.228 e. The van der Waals surface area contributed by atoms with Crippen LogP contribution >= 0.6 is 0 Å². The first kappa shape index (κ1) is 18.7. The van der Waals surface area contributed by atoms with Crippen LogP contribution in [0.25, 0.3) is 0 Å². The van der Waals surface area contributed by atoms with Crippen molar-refractivity contribution in [3.05, 3.63) is 59.7 Å². The van der Waals surface area contributed by atoms with Crippen LogP contribution in [0.5, 0.6) is 11.5 Å². The highest BCUT2D eigenvalue weighted by molar-refractivity contribution is 5.37. The van der Waals surface area contributed by atoms with E-state index in [-0.39, 0.29) is 12.6 Å². The second-order valence-electron chi connectivity index (χ2n) is 6.66. The van der Waals surface area contributed by atoms with Crippen molar-refractivity contribution >= 4 is 0 Å². The molecule has 1 aliphatic carbocycles. The molecule has 2 aromatic rings. The Balaban J connectivity index is 1.49. The Morgan fingerprint density at radius 1 is 1.08 bits per heavy atom. The molecule has 2 N–H and O–H groups in total. The number of aliphatic hydroxyl groups is 1. The number of nitrogens with one attached hydrogen (secondary N) is 1. The Hall–Kier alpha value is -2.11. The van der Waals surface area contributed by atoms with Crippen LogP contribution in [0.1, 0.15) is 24.0 Å². The summed E-state index contributed by atoms with van der Waals surface area (Å²) in [5.74, 6) is 1.33. The number of benzene rings is 2. The standard InChI is InChI=1S/C21H26FNO3/c22-15-26-21-10-9-16-5-4-6-18(11-17(16)12-21)23-13-19(24)14-25-20-7-2-1-3-8-20/h1-3,7-10,12,18-19,23-24H,4-6,11,13-15H2/t18?,19-/m0/s1. The SMILES string of the molecule is O[C@@H](CNC1CCCc2ccc(OCF)cc2C1)COc1ccccc1. The maximum atomic E-state index is 12.4. The van der Waals surface area contributed by atoms with Crippen molar-refractivity contribution in [2.45, 2.75) is 37.8 Å². The third-order valence-electron chi connectivity index (χ3n) is 4.69. The average molecular weight is 359 g/mol. The molecule has 1 aliphatic rings. The van der Waals surface area contributed by atoms with Gasteiger partial charge in [-0.15, -0.1) is 0 Å². The van der Waals surface area contributed by atoms with Gasteiger partial charge in [0, 0.05) is 12.6 Å². The highest BCUT2D eigenvalue weighted by atomic mass is 19.1. The lowest BCUT2D eigenvalue weighted by molar-refractivity contribution is 0.103. The minimum atomic E-state index is -0.811. The summed E-state index contributed by atoms with van der Waals surface area (Å²) in [6.45, 7) is -0.0730. The summed E-state index contributed by atoms with van der Waals surface area (Å²) in [4.78, 5) is 0. The molecule has 1 unspecified atom stereocenters. The first-order valence-corrected chi connectivity index (χ1v) is 9.14. The monoisotopic (exact) mass is 359 g/mol. The number of fused-ring (bicyclic) bond motifs is 1. The van der Waals surface area contributed by atoms with E-state index in [4.69, 9.17) is 9.47 Å². The van der Waals surface area contributed by atoms with E-state index in [9.17, 15) is 9.50 Å². The predicted octanol–water partition coefficient (Wildman–Crippen LogP) is 3.27. The van der Waals surface area contributed by atoms with Crippen molar-refractivity contribution in [2.75, 3.05) is 20.0 Å². The van der Waals surface area contributed by atoms with Gasteiger partial charge in [-0.05, 0) is 61.1 Å². The molecule has 26 heavy (non-hydrogen) atoms. The first-order valence-electron chi connectivity index (χ1n) is 9.14. The maximum Gasteiger partial charge on any atom is 0.228 e. The second kappa shape index (κ2) is 9.55. The van der Waals surface area contributed by atoms with Crippen molar-refractivity contribution in [2.24, 2.45) is 0 Å². The van der Waals surface area contributed by atoms with Gasteiger partial charge in [-0.25, -0.2) is 4.39 Å². The number of para-hydroxylation sites is 1. The van der Waals surface area contributed by atoms with E-state index < -0.39 is 13.0 Å².